The summed E-state index contributed by atoms with van der Waals surface area (Å²) < 4.78 is 92.1. The number of rotatable bonds is 7. The SMILES string of the molecule is COc1ccc(CCC#N)cc1C1=C(CN2C(=O)OC(c3cc(C(F)(F)F)cc(C(F)(F)F)c3)[C@@H]2C)CC(C)(C)CC1. The van der Waals surface area contributed by atoms with Crippen LogP contribution in [-0.2, 0) is 23.5 Å². The first-order valence-electron chi connectivity index (χ1n) is 13.6. The number of nitriles is 1. The molecule has 1 heterocycles. The van der Waals surface area contributed by atoms with Gasteiger partial charge >= 0.3 is 18.4 Å². The molecule has 0 saturated carbocycles. The van der Waals surface area contributed by atoms with Gasteiger partial charge < -0.3 is 9.47 Å². The van der Waals surface area contributed by atoms with E-state index in [1.165, 1.54) is 4.90 Å². The number of hydrogen-bond acceptors (Lipinski definition) is 4. The van der Waals surface area contributed by atoms with Crippen molar-refractivity contribution >= 4 is 11.7 Å². The molecule has 2 aromatic carbocycles. The van der Waals surface area contributed by atoms with Crippen molar-refractivity contribution in [2.24, 2.45) is 5.41 Å². The molecule has 1 unspecified atom stereocenters. The van der Waals surface area contributed by atoms with E-state index in [9.17, 15) is 31.1 Å². The van der Waals surface area contributed by atoms with Crippen LogP contribution < -0.4 is 4.74 Å². The monoisotopic (exact) mass is 594 g/mol. The number of benzene rings is 2. The molecule has 42 heavy (non-hydrogen) atoms. The number of ether oxygens (including phenoxy) is 2. The average Bonchev–Trinajstić information content (AvgIpc) is 3.18. The van der Waals surface area contributed by atoms with Gasteiger partial charge in [-0.3, -0.25) is 4.90 Å². The first-order chi connectivity index (χ1) is 19.5. The van der Waals surface area contributed by atoms with Gasteiger partial charge in [0.25, 0.3) is 0 Å². The fourth-order valence-corrected chi connectivity index (χ4v) is 5.74. The third-order valence-electron chi connectivity index (χ3n) is 7.98. The Morgan fingerprint density at radius 2 is 1.71 bits per heavy atom. The molecule has 1 saturated heterocycles. The van der Waals surface area contributed by atoms with Crippen LogP contribution in [-0.4, -0.2) is 30.7 Å². The lowest BCUT2D eigenvalue weighted by Gasteiger charge is -2.36. The number of cyclic esters (lactones) is 1. The molecule has 226 valence electrons. The maximum absolute atomic E-state index is 13.5. The Hall–Kier alpha value is -3.68. The number of nitrogens with zero attached hydrogens (tertiary/aromatic N) is 2. The van der Waals surface area contributed by atoms with E-state index < -0.39 is 41.7 Å². The van der Waals surface area contributed by atoms with Crippen molar-refractivity contribution in [3.63, 3.8) is 0 Å². The highest BCUT2D eigenvalue weighted by Gasteiger charge is 2.44. The molecule has 2 atom stereocenters. The van der Waals surface area contributed by atoms with Crippen LogP contribution in [0.1, 0.15) is 80.4 Å². The molecule has 2 aromatic rings. The second kappa shape index (κ2) is 11.5. The molecular weight excluding hydrogens is 562 g/mol. The van der Waals surface area contributed by atoms with Crippen molar-refractivity contribution in [3.05, 3.63) is 69.8 Å². The van der Waals surface area contributed by atoms with Gasteiger partial charge in [-0.1, -0.05) is 19.9 Å². The van der Waals surface area contributed by atoms with Crippen molar-refractivity contribution in [1.82, 2.24) is 4.90 Å². The van der Waals surface area contributed by atoms with Crippen LogP contribution in [0.5, 0.6) is 5.75 Å². The van der Waals surface area contributed by atoms with Crippen LogP contribution in [0, 0.1) is 16.7 Å². The number of aryl methyl sites for hydroxylation is 1. The Kier molecular flexibility index (Phi) is 8.59. The summed E-state index contributed by atoms with van der Waals surface area (Å²) in [6.07, 6.45) is -9.16. The zero-order chi connectivity index (χ0) is 31.0. The summed E-state index contributed by atoms with van der Waals surface area (Å²) in [6.45, 7) is 5.84. The molecule has 0 spiro atoms. The van der Waals surface area contributed by atoms with E-state index in [1.54, 1.807) is 14.0 Å². The number of amides is 1. The lowest BCUT2D eigenvalue weighted by Crippen LogP contribution is -2.35. The van der Waals surface area contributed by atoms with Gasteiger partial charge in [-0.2, -0.15) is 31.6 Å². The Balaban J connectivity index is 1.73. The summed E-state index contributed by atoms with van der Waals surface area (Å²) in [7, 11) is 1.55. The Labute approximate surface area is 240 Å². The molecule has 0 aromatic heterocycles. The molecule has 11 heteroatoms. The standard InChI is InChI=1S/C31H32F6N2O3/c1-18-27(20-13-22(30(32,33)34)15-23(14-20)31(35,36)37)42-28(40)39(18)17-21-16-29(2,3)10-9-24(21)25-12-19(6-5-11-38)7-8-26(25)41-4/h7-8,12-15,18,27H,5-6,9-10,16-17H2,1-4H3/t18-,27?/m0/s1. The highest BCUT2D eigenvalue weighted by molar-refractivity contribution is 5.77. The van der Waals surface area contributed by atoms with E-state index in [1.807, 2.05) is 18.2 Å². The lowest BCUT2D eigenvalue weighted by molar-refractivity contribution is -0.143. The van der Waals surface area contributed by atoms with Gasteiger partial charge in [0.05, 0.1) is 30.3 Å². The Morgan fingerprint density at radius 1 is 1.07 bits per heavy atom. The van der Waals surface area contributed by atoms with Crippen molar-refractivity contribution in [2.45, 2.75) is 77.4 Å². The third kappa shape index (κ3) is 6.69. The van der Waals surface area contributed by atoms with Gasteiger partial charge in [-0.25, -0.2) is 4.79 Å². The molecular formula is C31H32F6N2O3. The first-order valence-corrected chi connectivity index (χ1v) is 13.6. The average molecular weight is 595 g/mol. The fraction of sp³-hybridized carbons (Fsp3) is 0.484. The zero-order valence-electron chi connectivity index (χ0n) is 23.7. The van der Waals surface area contributed by atoms with E-state index in [-0.39, 0.29) is 23.6 Å². The van der Waals surface area contributed by atoms with Crippen LogP contribution in [0.15, 0.2) is 42.0 Å². The van der Waals surface area contributed by atoms with Gasteiger partial charge in [-0.05, 0) is 90.6 Å². The summed E-state index contributed by atoms with van der Waals surface area (Å²) in [4.78, 5) is 14.4. The normalized spacial score (nSPS) is 20.9. The highest BCUT2D eigenvalue weighted by atomic mass is 19.4. The van der Waals surface area contributed by atoms with Crippen LogP contribution >= 0.6 is 0 Å². The van der Waals surface area contributed by atoms with Crippen LogP contribution in [0.2, 0.25) is 0 Å². The number of allylic oxidation sites excluding steroid dienone is 1. The van der Waals surface area contributed by atoms with Crippen LogP contribution in [0.4, 0.5) is 31.1 Å². The van der Waals surface area contributed by atoms with E-state index in [0.717, 1.165) is 28.7 Å². The fourth-order valence-electron chi connectivity index (χ4n) is 5.74. The van der Waals surface area contributed by atoms with E-state index >= 15 is 0 Å². The van der Waals surface area contributed by atoms with Crippen molar-refractivity contribution in [2.75, 3.05) is 13.7 Å². The van der Waals surface area contributed by atoms with Crippen LogP contribution in [0.3, 0.4) is 0 Å². The highest BCUT2D eigenvalue weighted by Crippen LogP contribution is 2.46. The summed E-state index contributed by atoms with van der Waals surface area (Å²) >= 11 is 0. The van der Waals surface area contributed by atoms with Gasteiger partial charge in [0, 0.05) is 18.5 Å². The number of hydrogen-bond donors (Lipinski definition) is 0. The first kappa shape index (κ1) is 31.3. The minimum Gasteiger partial charge on any atom is -0.496 e. The third-order valence-corrected chi connectivity index (χ3v) is 7.98. The second-order valence-electron chi connectivity index (χ2n) is 11.6. The van der Waals surface area contributed by atoms with E-state index in [4.69, 9.17) is 14.7 Å². The summed E-state index contributed by atoms with van der Waals surface area (Å²) in [5.41, 5.74) is 0.252. The molecule has 0 N–H and O–H groups in total. The maximum atomic E-state index is 13.5. The van der Waals surface area contributed by atoms with Gasteiger partial charge in [0.2, 0.25) is 0 Å². The van der Waals surface area contributed by atoms with E-state index in [0.29, 0.717) is 43.6 Å². The maximum Gasteiger partial charge on any atom is 0.416 e. The van der Waals surface area contributed by atoms with Gasteiger partial charge in [0.1, 0.15) is 11.9 Å². The molecule has 0 radical (unpaired) electrons. The number of halogens is 6. The largest absolute Gasteiger partial charge is 0.496 e. The van der Waals surface area contributed by atoms with Crippen LogP contribution in [0.25, 0.3) is 5.57 Å². The van der Waals surface area contributed by atoms with Crippen molar-refractivity contribution in [3.8, 4) is 11.8 Å². The molecule has 1 fully saturated rings. The summed E-state index contributed by atoms with van der Waals surface area (Å²) in [5, 5.41) is 9.02. The number of methoxy groups -OCH3 is 1. The predicted molar refractivity (Wildman–Crippen MR) is 143 cm³/mol. The predicted octanol–water partition coefficient (Wildman–Crippen LogP) is 8.73. The smallest absolute Gasteiger partial charge is 0.416 e. The lowest BCUT2D eigenvalue weighted by atomic mass is 9.72. The molecule has 1 aliphatic carbocycles. The molecule has 0 bridgehead atoms. The quantitative estimate of drug-likeness (QED) is 0.301. The molecule has 1 amide bonds. The second-order valence-corrected chi connectivity index (χ2v) is 11.6. The van der Waals surface area contributed by atoms with Gasteiger partial charge in [0.15, 0.2) is 0 Å². The Bertz CT molecular complexity index is 1390. The number of carbonyl (C=O) groups is 1. The molecule has 1 aliphatic heterocycles. The zero-order valence-corrected chi connectivity index (χ0v) is 23.7. The van der Waals surface area contributed by atoms with Crippen molar-refractivity contribution < 1.29 is 40.6 Å². The van der Waals surface area contributed by atoms with E-state index in [2.05, 4.69) is 19.9 Å². The minimum atomic E-state index is -5.02. The van der Waals surface area contributed by atoms with Gasteiger partial charge in [-0.15, -0.1) is 0 Å². The molecule has 4 rings (SSSR count). The molecule has 5 nitrogen and oxygen atoms in total. The number of carbonyl (C=O) groups excluding carboxylic acids is 1. The number of alkyl halides is 6. The van der Waals surface area contributed by atoms with Crippen molar-refractivity contribution in [1.29, 1.82) is 5.26 Å². The summed E-state index contributed by atoms with van der Waals surface area (Å²) in [5.74, 6) is 0.626. The summed E-state index contributed by atoms with van der Waals surface area (Å²) in [6, 6.07) is 8.27. The Morgan fingerprint density at radius 3 is 2.29 bits per heavy atom. The topological polar surface area (TPSA) is 62.6 Å². The minimum absolute atomic E-state index is 0.0576. The molecule has 2 aliphatic rings.